The Morgan fingerprint density at radius 3 is 2.71 bits per heavy atom. The number of aliphatic carboxylic acids is 1. The summed E-state index contributed by atoms with van der Waals surface area (Å²) in [6.07, 6.45) is 5.65. The molecule has 0 unspecified atom stereocenters. The van der Waals surface area contributed by atoms with Crippen molar-refractivity contribution in [2.75, 3.05) is 0 Å². The molecule has 1 N–H and O–H groups in total. The van der Waals surface area contributed by atoms with E-state index >= 15 is 0 Å². The zero-order valence-corrected chi connectivity index (χ0v) is 7.94. The maximum absolute atomic E-state index is 10.4. The van der Waals surface area contributed by atoms with Gasteiger partial charge in [0.15, 0.2) is 0 Å². The topological polar surface area (TPSA) is 50.2 Å². The summed E-state index contributed by atoms with van der Waals surface area (Å²) in [5.74, 6) is -0.157. The molecule has 2 rings (SSSR count). The number of carbonyl (C=O) groups is 1. The molecular formula is C11H13NO2. The number of hydrogen-bond acceptors (Lipinski definition) is 2. The van der Waals surface area contributed by atoms with E-state index in [1.165, 1.54) is 24.8 Å². The lowest BCUT2D eigenvalue weighted by atomic mass is 9.81. The molecule has 74 valence electrons. The first-order valence-electron chi connectivity index (χ1n) is 4.92. The van der Waals surface area contributed by atoms with Crippen molar-refractivity contribution in [2.45, 2.75) is 31.6 Å². The minimum absolute atomic E-state index is 0.0188. The van der Waals surface area contributed by atoms with Crippen LogP contribution in [-0.4, -0.2) is 16.1 Å². The zero-order valence-electron chi connectivity index (χ0n) is 7.94. The van der Waals surface area contributed by atoms with E-state index in [9.17, 15) is 4.79 Å². The lowest BCUT2D eigenvalue weighted by Crippen LogP contribution is -2.09. The third-order valence-corrected chi connectivity index (χ3v) is 2.76. The number of hydrogen-bond donors (Lipinski definition) is 1. The normalized spacial score (nSPS) is 16.3. The summed E-state index contributed by atoms with van der Waals surface area (Å²) in [5, 5.41) is 8.56. The SMILES string of the molecule is O=C(O)Cc1ccc(C2CCC2)cn1. The van der Waals surface area contributed by atoms with Crippen LogP contribution >= 0.6 is 0 Å². The highest BCUT2D eigenvalue weighted by Gasteiger charge is 2.19. The maximum atomic E-state index is 10.4. The van der Waals surface area contributed by atoms with Crippen LogP contribution in [0.5, 0.6) is 0 Å². The molecule has 14 heavy (non-hydrogen) atoms. The van der Waals surface area contributed by atoms with Gasteiger partial charge in [0.2, 0.25) is 0 Å². The van der Waals surface area contributed by atoms with Crippen LogP contribution in [0.1, 0.15) is 36.4 Å². The van der Waals surface area contributed by atoms with E-state index in [0.717, 1.165) is 0 Å². The van der Waals surface area contributed by atoms with Gasteiger partial charge >= 0.3 is 5.97 Å². The molecule has 3 heteroatoms. The van der Waals surface area contributed by atoms with E-state index in [2.05, 4.69) is 4.98 Å². The second-order valence-electron chi connectivity index (χ2n) is 3.78. The van der Waals surface area contributed by atoms with Crippen molar-refractivity contribution in [1.82, 2.24) is 4.98 Å². The number of rotatable bonds is 3. The minimum atomic E-state index is -0.825. The number of pyridine rings is 1. The van der Waals surface area contributed by atoms with Crippen LogP contribution in [0.15, 0.2) is 18.3 Å². The fourth-order valence-corrected chi connectivity index (χ4v) is 1.68. The molecule has 0 bridgehead atoms. The van der Waals surface area contributed by atoms with Gasteiger partial charge in [-0.1, -0.05) is 12.5 Å². The Kier molecular flexibility index (Phi) is 2.48. The Morgan fingerprint density at radius 1 is 1.50 bits per heavy atom. The Hall–Kier alpha value is -1.38. The van der Waals surface area contributed by atoms with Crippen LogP contribution in [-0.2, 0) is 11.2 Å². The Morgan fingerprint density at radius 2 is 2.29 bits per heavy atom. The summed E-state index contributed by atoms with van der Waals surface area (Å²) in [7, 11) is 0. The highest BCUT2D eigenvalue weighted by molar-refractivity contribution is 5.69. The molecule has 1 fully saturated rings. The lowest BCUT2D eigenvalue weighted by Gasteiger charge is -2.25. The molecule has 1 aliphatic carbocycles. The molecule has 0 amide bonds. The van der Waals surface area contributed by atoms with Crippen molar-refractivity contribution in [3.63, 3.8) is 0 Å². The number of aromatic nitrogens is 1. The summed E-state index contributed by atoms with van der Waals surface area (Å²) in [6.45, 7) is 0. The van der Waals surface area contributed by atoms with Crippen molar-refractivity contribution in [3.8, 4) is 0 Å². The predicted octanol–water partition coefficient (Wildman–Crippen LogP) is 1.98. The largest absolute Gasteiger partial charge is 0.481 e. The average Bonchev–Trinajstić information content (AvgIpc) is 2.04. The fraction of sp³-hybridized carbons (Fsp3) is 0.455. The van der Waals surface area contributed by atoms with E-state index < -0.39 is 5.97 Å². The Labute approximate surface area is 82.8 Å². The molecule has 1 heterocycles. The van der Waals surface area contributed by atoms with E-state index in [-0.39, 0.29) is 6.42 Å². The molecule has 1 aliphatic rings. The van der Waals surface area contributed by atoms with Crippen LogP contribution < -0.4 is 0 Å². The molecule has 1 aromatic heterocycles. The van der Waals surface area contributed by atoms with Gasteiger partial charge in [0.25, 0.3) is 0 Å². The third kappa shape index (κ3) is 1.92. The highest BCUT2D eigenvalue weighted by atomic mass is 16.4. The van der Waals surface area contributed by atoms with Gasteiger partial charge in [0.1, 0.15) is 0 Å². The molecule has 0 saturated heterocycles. The lowest BCUT2D eigenvalue weighted by molar-refractivity contribution is -0.136. The van der Waals surface area contributed by atoms with Gasteiger partial charge < -0.3 is 5.11 Å². The summed E-state index contributed by atoms with van der Waals surface area (Å²) >= 11 is 0. The van der Waals surface area contributed by atoms with Crippen molar-refractivity contribution >= 4 is 5.97 Å². The monoisotopic (exact) mass is 191 g/mol. The van der Waals surface area contributed by atoms with E-state index in [1.807, 2.05) is 18.3 Å². The highest BCUT2D eigenvalue weighted by Crippen LogP contribution is 2.35. The number of carboxylic acid groups (broad SMARTS) is 1. The van der Waals surface area contributed by atoms with Crippen LogP contribution in [0, 0.1) is 0 Å². The second-order valence-corrected chi connectivity index (χ2v) is 3.78. The zero-order chi connectivity index (χ0) is 9.97. The first kappa shape index (κ1) is 9.19. The van der Waals surface area contributed by atoms with Gasteiger partial charge in [-0.05, 0) is 30.4 Å². The maximum Gasteiger partial charge on any atom is 0.309 e. The van der Waals surface area contributed by atoms with Crippen molar-refractivity contribution < 1.29 is 9.90 Å². The molecule has 1 saturated carbocycles. The van der Waals surface area contributed by atoms with Crippen molar-refractivity contribution in [3.05, 3.63) is 29.6 Å². The average molecular weight is 191 g/mol. The van der Waals surface area contributed by atoms with Crippen LogP contribution in [0.25, 0.3) is 0 Å². The van der Waals surface area contributed by atoms with Crippen LogP contribution in [0.2, 0.25) is 0 Å². The second kappa shape index (κ2) is 3.78. The third-order valence-electron chi connectivity index (χ3n) is 2.76. The molecule has 0 atom stereocenters. The molecule has 0 aromatic carbocycles. The van der Waals surface area contributed by atoms with Crippen LogP contribution in [0.3, 0.4) is 0 Å². The van der Waals surface area contributed by atoms with Gasteiger partial charge in [-0.3, -0.25) is 9.78 Å². The van der Waals surface area contributed by atoms with Gasteiger partial charge in [-0.25, -0.2) is 0 Å². The van der Waals surface area contributed by atoms with Gasteiger partial charge in [-0.15, -0.1) is 0 Å². The van der Waals surface area contributed by atoms with Crippen molar-refractivity contribution in [1.29, 1.82) is 0 Å². The fourth-order valence-electron chi connectivity index (χ4n) is 1.68. The number of carboxylic acids is 1. The number of nitrogens with zero attached hydrogens (tertiary/aromatic N) is 1. The summed E-state index contributed by atoms with van der Waals surface area (Å²) in [6, 6.07) is 3.83. The minimum Gasteiger partial charge on any atom is -0.481 e. The molecule has 0 aliphatic heterocycles. The van der Waals surface area contributed by atoms with E-state index in [4.69, 9.17) is 5.11 Å². The van der Waals surface area contributed by atoms with Gasteiger partial charge in [0.05, 0.1) is 12.1 Å². The standard InChI is InChI=1S/C11H13NO2/c13-11(14)6-10-5-4-9(7-12-10)8-2-1-3-8/h4-5,7-8H,1-3,6H2,(H,13,14). The molecule has 0 spiro atoms. The van der Waals surface area contributed by atoms with Gasteiger partial charge in [0, 0.05) is 6.20 Å². The molecule has 0 radical (unpaired) electrons. The molecular weight excluding hydrogens is 178 g/mol. The molecule has 3 nitrogen and oxygen atoms in total. The first-order chi connectivity index (χ1) is 6.75. The van der Waals surface area contributed by atoms with E-state index in [1.54, 1.807) is 0 Å². The Balaban J connectivity index is 2.05. The summed E-state index contributed by atoms with van der Waals surface area (Å²) < 4.78 is 0. The van der Waals surface area contributed by atoms with Crippen LogP contribution in [0.4, 0.5) is 0 Å². The first-order valence-corrected chi connectivity index (χ1v) is 4.92. The predicted molar refractivity (Wildman–Crippen MR) is 52.2 cm³/mol. The summed E-state index contributed by atoms with van der Waals surface area (Å²) in [4.78, 5) is 14.6. The quantitative estimate of drug-likeness (QED) is 0.794. The van der Waals surface area contributed by atoms with E-state index in [0.29, 0.717) is 11.6 Å². The van der Waals surface area contributed by atoms with Gasteiger partial charge in [-0.2, -0.15) is 0 Å². The molecule has 1 aromatic rings. The Bertz CT molecular complexity index is 328. The smallest absolute Gasteiger partial charge is 0.309 e. The summed E-state index contributed by atoms with van der Waals surface area (Å²) in [5.41, 5.74) is 1.89. The van der Waals surface area contributed by atoms with Crippen molar-refractivity contribution in [2.24, 2.45) is 0 Å².